The van der Waals surface area contributed by atoms with E-state index in [1.165, 1.54) is 0 Å². The van der Waals surface area contributed by atoms with Crippen LogP contribution in [0.4, 0.5) is 5.69 Å². The summed E-state index contributed by atoms with van der Waals surface area (Å²) in [6, 6.07) is 1.94. The van der Waals surface area contributed by atoms with Crippen LogP contribution >= 0.6 is 11.3 Å². The van der Waals surface area contributed by atoms with Crippen molar-refractivity contribution in [1.82, 2.24) is 0 Å². The summed E-state index contributed by atoms with van der Waals surface area (Å²) in [7, 11) is 0. The van der Waals surface area contributed by atoms with Crippen LogP contribution in [0.15, 0.2) is 17.5 Å². The van der Waals surface area contributed by atoms with Crippen molar-refractivity contribution in [1.29, 1.82) is 0 Å². The van der Waals surface area contributed by atoms with Gasteiger partial charge in [-0.3, -0.25) is 0 Å². The summed E-state index contributed by atoms with van der Waals surface area (Å²) in [5.41, 5.74) is 6.84. The van der Waals surface area contributed by atoms with E-state index in [0.29, 0.717) is 0 Å². The average Bonchev–Trinajstić information content (AvgIpc) is 2.29. The summed E-state index contributed by atoms with van der Waals surface area (Å²) >= 11 is 1.68. The van der Waals surface area contributed by atoms with Gasteiger partial charge in [0.2, 0.25) is 0 Å². The van der Waals surface area contributed by atoms with Crippen molar-refractivity contribution in [3.8, 4) is 0 Å². The predicted octanol–water partition coefficient (Wildman–Crippen LogP) is 3.39. The molecule has 0 amide bonds. The minimum Gasteiger partial charge on any atom is -0.398 e. The van der Waals surface area contributed by atoms with Gasteiger partial charge in [0.15, 0.2) is 0 Å². The molecule has 1 heterocycles. The molecule has 0 aliphatic rings. The Bertz CT molecular complexity index is 278. The maximum absolute atomic E-state index is 5.73. The Kier molecular flexibility index (Phi) is 2.58. The fraction of sp³-hybridized carbons (Fsp3) is 0.400. The zero-order valence-electron chi connectivity index (χ0n) is 7.79. The molecule has 12 heavy (non-hydrogen) atoms. The van der Waals surface area contributed by atoms with Gasteiger partial charge >= 0.3 is 0 Å². The summed E-state index contributed by atoms with van der Waals surface area (Å²) in [6.45, 7) is 6.52. The smallest absolute Gasteiger partial charge is 0.0497 e. The number of nitrogens with two attached hydrogens (primary N) is 1. The zero-order valence-corrected chi connectivity index (χ0v) is 8.61. The molecule has 1 aromatic rings. The van der Waals surface area contributed by atoms with Crippen LogP contribution in [0.2, 0.25) is 0 Å². The third kappa shape index (κ3) is 2.70. The van der Waals surface area contributed by atoms with Gasteiger partial charge in [0.1, 0.15) is 0 Å². The molecule has 1 nitrogen and oxygen atoms in total. The van der Waals surface area contributed by atoms with E-state index in [4.69, 9.17) is 5.73 Å². The van der Waals surface area contributed by atoms with Crippen molar-refractivity contribution in [2.75, 3.05) is 5.73 Å². The molecule has 0 aliphatic heterocycles. The van der Waals surface area contributed by atoms with Crippen LogP contribution in [0.5, 0.6) is 0 Å². The monoisotopic (exact) mass is 181 g/mol. The molecule has 0 aromatic carbocycles. The highest BCUT2D eigenvalue weighted by Gasteiger charge is 2.04. The lowest BCUT2D eigenvalue weighted by Gasteiger charge is -2.10. The maximum Gasteiger partial charge on any atom is 0.0497 e. The number of hydrogen-bond acceptors (Lipinski definition) is 2. The quantitative estimate of drug-likeness (QED) is 0.706. The summed E-state index contributed by atoms with van der Waals surface area (Å²) < 4.78 is 0. The molecule has 1 aromatic heterocycles. The van der Waals surface area contributed by atoms with Crippen molar-refractivity contribution < 1.29 is 0 Å². The molecule has 0 unspecified atom stereocenters. The van der Waals surface area contributed by atoms with Crippen LogP contribution in [0.1, 0.15) is 25.6 Å². The molecule has 0 aliphatic carbocycles. The fourth-order valence-electron chi connectivity index (χ4n) is 0.792. The van der Waals surface area contributed by atoms with Gasteiger partial charge in [0.25, 0.3) is 0 Å². The highest BCUT2D eigenvalue weighted by Crippen LogP contribution is 2.23. The van der Waals surface area contributed by atoms with Crippen LogP contribution in [0, 0.1) is 5.41 Å². The van der Waals surface area contributed by atoms with Crippen molar-refractivity contribution >= 4 is 23.1 Å². The van der Waals surface area contributed by atoms with Gasteiger partial charge in [-0.2, -0.15) is 0 Å². The molecule has 0 saturated carbocycles. The van der Waals surface area contributed by atoms with Gasteiger partial charge in [-0.1, -0.05) is 26.8 Å². The van der Waals surface area contributed by atoms with Crippen molar-refractivity contribution in [3.05, 3.63) is 22.4 Å². The highest BCUT2D eigenvalue weighted by atomic mass is 32.1. The summed E-state index contributed by atoms with van der Waals surface area (Å²) in [5, 5.41) is 2.01. The largest absolute Gasteiger partial charge is 0.398 e. The Morgan fingerprint density at radius 3 is 2.50 bits per heavy atom. The van der Waals surface area contributed by atoms with Gasteiger partial charge in [0, 0.05) is 10.6 Å². The lowest BCUT2D eigenvalue weighted by atomic mass is 9.96. The van der Waals surface area contributed by atoms with Crippen LogP contribution < -0.4 is 5.73 Å². The first-order valence-electron chi connectivity index (χ1n) is 4.01. The Hall–Kier alpha value is -0.760. The highest BCUT2D eigenvalue weighted by molar-refractivity contribution is 7.11. The van der Waals surface area contributed by atoms with Crippen LogP contribution in [0.25, 0.3) is 6.08 Å². The van der Waals surface area contributed by atoms with E-state index < -0.39 is 0 Å². The molecule has 0 saturated heterocycles. The van der Waals surface area contributed by atoms with Gasteiger partial charge in [-0.15, -0.1) is 11.3 Å². The first-order valence-corrected chi connectivity index (χ1v) is 4.89. The second-order valence-electron chi connectivity index (χ2n) is 3.94. The minimum atomic E-state index is 0.233. The number of allylic oxidation sites excluding steroid dienone is 1. The van der Waals surface area contributed by atoms with Gasteiger partial charge in [-0.05, 0) is 22.9 Å². The number of rotatable bonds is 1. The standard InChI is InChI=1S/C10H15NS/c1-10(2,3)6-4-9-8(11)5-7-12-9/h4-7H,11H2,1-3H3. The molecule has 0 spiro atoms. The SMILES string of the molecule is CC(C)(C)C=Cc1sccc1N. The average molecular weight is 181 g/mol. The van der Waals surface area contributed by atoms with Gasteiger partial charge < -0.3 is 5.73 Å². The Labute approximate surface area is 77.9 Å². The van der Waals surface area contributed by atoms with Crippen LogP contribution in [0.3, 0.4) is 0 Å². The number of hydrogen-bond donors (Lipinski definition) is 1. The normalized spacial score (nSPS) is 12.6. The van der Waals surface area contributed by atoms with Crippen LogP contribution in [-0.2, 0) is 0 Å². The second-order valence-corrected chi connectivity index (χ2v) is 4.89. The first kappa shape index (κ1) is 9.33. The molecule has 66 valence electrons. The summed E-state index contributed by atoms with van der Waals surface area (Å²) in [5.74, 6) is 0. The van der Waals surface area contributed by atoms with Gasteiger partial charge in [-0.25, -0.2) is 0 Å². The van der Waals surface area contributed by atoms with E-state index in [2.05, 4.69) is 32.9 Å². The van der Waals surface area contributed by atoms with E-state index in [1.54, 1.807) is 11.3 Å². The molecule has 0 radical (unpaired) electrons. The second kappa shape index (κ2) is 3.31. The predicted molar refractivity (Wildman–Crippen MR) is 57.2 cm³/mol. The van der Waals surface area contributed by atoms with Crippen molar-refractivity contribution in [2.24, 2.45) is 5.41 Å². The van der Waals surface area contributed by atoms with E-state index in [9.17, 15) is 0 Å². The molecular formula is C10H15NS. The molecule has 2 heteroatoms. The molecule has 1 rings (SSSR count). The van der Waals surface area contributed by atoms with Crippen molar-refractivity contribution in [3.63, 3.8) is 0 Å². The number of nitrogen functional groups attached to an aromatic ring is 1. The minimum absolute atomic E-state index is 0.233. The molecule has 0 atom stereocenters. The van der Waals surface area contributed by atoms with Crippen LogP contribution in [-0.4, -0.2) is 0 Å². The third-order valence-corrected chi connectivity index (χ3v) is 2.36. The lowest BCUT2D eigenvalue weighted by molar-refractivity contribution is 0.547. The molecule has 0 bridgehead atoms. The first-order chi connectivity index (χ1) is 5.49. The molecule has 0 fully saturated rings. The summed E-state index contributed by atoms with van der Waals surface area (Å²) in [4.78, 5) is 1.16. The van der Waals surface area contributed by atoms with E-state index in [-0.39, 0.29) is 5.41 Å². The Morgan fingerprint density at radius 2 is 2.08 bits per heavy atom. The number of thiophene rings is 1. The van der Waals surface area contributed by atoms with E-state index in [0.717, 1.165) is 10.6 Å². The fourth-order valence-corrected chi connectivity index (χ4v) is 1.50. The Morgan fingerprint density at radius 1 is 1.42 bits per heavy atom. The lowest BCUT2D eigenvalue weighted by Crippen LogP contribution is -1.97. The Balaban J connectivity index is 2.77. The molecular weight excluding hydrogens is 166 g/mol. The van der Waals surface area contributed by atoms with Gasteiger partial charge in [0.05, 0.1) is 0 Å². The van der Waals surface area contributed by atoms with E-state index >= 15 is 0 Å². The van der Waals surface area contributed by atoms with Crippen molar-refractivity contribution in [2.45, 2.75) is 20.8 Å². The molecule has 2 N–H and O–H groups in total. The maximum atomic E-state index is 5.73. The topological polar surface area (TPSA) is 26.0 Å². The zero-order chi connectivity index (χ0) is 9.19. The number of anilines is 1. The van der Waals surface area contributed by atoms with E-state index in [1.807, 2.05) is 11.4 Å². The summed E-state index contributed by atoms with van der Waals surface area (Å²) in [6.07, 6.45) is 4.27. The third-order valence-electron chi connectivity index (χ3n) is 1.46.